The first kappa shape index (κ1) is 22.7. The van der Waals surface area contributed by atoms with Gasteiger partial charge in [0.15, 0.2) is 0 Å². The van der Waals surface area contributed by atoms with Crippen LogP contribution in [0.2, 0.25) is 0 Å². The molecule has 2 rings (SSSR count). The largest absolute Gasteiger partial charge is 0.481 e. The maximum atomic E-state index is 12.6. The number of thioether (sulfide) groups is 1. The van der Waals surface area contributed by atoms with Crippen molar-refractivity contribution in [1.29, 1.82) is 0 Å². The van der Waals surface area contributed by atoms with Gasteiger partial charge >= 0.3 is 5.97 Å². The molecule has 2 atom stereocenters. The highest BCUT2D eigenvalue weighted by Crippen LogP contribution is 2.35. The Morgan fingerprint density at radius 3 is 2.82 bits per heavy atom. The number of carbonyl (C=O) groups is 2. The molecule has 0 radical (unpaired) electrons. The fourth-order valence-corrected chi connectivity index (χ4v) is 4.60. The van der Waals surface area contributed by atoms with Gasteiger partial charge in [-0.05, 0) is 43.7 Å². The zero-order chi connectivity index (χ0) is 20.4. The summed E-state index contributed by atoms with van der Waals surface area (Å²) < 4.78 is 0. The molecular formula is C21H30N2O3S2. The first-order valence-electron chi connectivity index (χ1n) is 9.98. The van der Waals surface area contributed by atoms with E-state index in [1.54, 1.807) is 0 Å². The Morgan fingerprint density at radius 1 is 1.25 bits per heavy atom. The van der Waals surface area contributed by atoms with Crippen LogP contribution in [0.1, 0.15) is 63.5 Å². The van der Waals surface area contributed by atoms with E-state index in [0.717, 1.165) is 43.0 Å². The van der Waals surface area contributed by atoms with Crippen LogP contribution in [0.25, 0.3) is 0 Å². The van der Waals surface area contributed by atoms with Gasteiger partial charge in [0.1, 0.15) is 0 Å². The number of nitrogens with one attached hydrogen (secondary N) is 2. The molecule has 0 saturated carbocycles. The van der Waals surface area contributed by atoms with E-state index < -0.39 is 5.97 Å². The average Bonchev–Trinajstić information content (AvgIpc) is 2.67. The molecule has 0 saturated heterocycles. The molecule has 0 fully saturated rings. The summed E-state index contributed by atoms with van der Waals surface area (Å²) in [6.07, 6.45) is 5.06. The topological polar surface area (TPSA) is 78.4 Å². The van der Waals surface area contributed by atoms with Crippen molar-refractivity contribution in [3.63, 3.8) is 0 Å². The number of benzene rings is 1. The van der Waals surface area contributed by atoms with E-state index >= 15 is 0 Å². The number of carbonyl (C=O) groups excluding carboxylic acids is 1. The zero-order valence-electron chi connectivity index (χ0n) is 16.4. The standard InChI is InChI=1S/C21H30N2O3S2/c1-15(7-4-5-13-22-19(27)10-6-11-20(24)25)21(26)23-17-12-14-28-18-9-3-2-8-16(17)18/h2-3,8-9,15,17H,4-7,10-14H2,1H3,(H,22,27)(H,23,26)(H,24,25). The normalized spacial score (nSPS) is 16.7. The van der Waals surface area contributed by atoms with Crippen molar-refractivity contribution in [3.05, 3.63) is 29.8 Å². The summed E-state index contributed by atoms with van der Waals surface area (Å²) in [5.74, 6) is 0.368. The minimum absolute atomic E-state index is 0.00994. The Bertz CT molecular complexity index is 681. The average molecular weight is 423 g/mol. The molecule has 154 valence electrons. The third-order valence-electron chi connectivity index (χ3n) is 4.90. The van der Waals surface area contributed by atoms with Crippen molar-refractivity contribution in [2.24, 2.45) is 5.92 Å². The number of hydrogen-bond donors (Lipinski definition) is 3. The summed E-state index contributed by atoms with van der Waals surface area (Å²) in [6, 6.07) is 8.44. The molecular weight excluding hydrogens is 392 g/mol. The van der Waals surface area contributed by atoms with Gasteiger partial charge in [-0.1, -0.05) is 43.8 Å². The van der Waals surface area contributed by atoms with Crippen LogP contribution in [-0.4, -0.2) is 34.3 Å². The van der Waals surface area contributed by atoms with Crippen molar-refractivity contribution >= 4 is 40.8 Å². The molecule has 28 heavy (non-hydrogen) atoms. The minimum Gasteiger partial charge on any atom is -0.481 e. The summed E-state index contributed by atoms with van der Waals surface area (Å²) >= 11 is 7.06. The molecule has 0 bridgehead atoms. The van der Waals surface area contributed by atoms with Crippen LogP contribution < -0.4 is 10.6 Å². The molecule has 7 heteroatoms. The zero-order valence-corrected chi connectivity index (χ0v) is 18.0. The van der Waals surface area contributed by atoms with E-state index in [-0.39, 0.29) is 24.3 Å². The van der Waals surface area contributed by atoms with Crippen LogP contribution in [0.15, 0.2) is 29.2 Å². The maximum absolute atomic E-state index is 12.6. The highest BCUT2D eigenvalue weighted by molar-refractivity contribution is 7.99. The third kappa shape index (κ3) is 7.80. The van der Waals surface area contributed by atoms with E-state index in [4.69, 9.17) is 17.3 Å². The van der Waals surface area contributed by atoms with Crippen molar-refractivity contribution in [2.75, 3.05) is 12.3 Å². The second-order valence-electron chi connectivity index (χ2n) is 7.23. The molecule has 0 aromatic heterocycles. The highest BCUT2D eigenvalue weighted by Gasteiger charge is 2.23. The summed E-state index contributed by atoms with van der Waals surface area (Å²) in [4.78, 5) is 25.1. The molecule has 0 aliphatic carbocycles. The predicted molar refractivity (Wildman–Crippen MR) is 118 cm³/mol. The third-order valence-corrected chi connectivity index (χ3v) is 6.37. The number of fused-ring (bicyclic) bond motifs is 1. The lowest BCUT2D eigenvalue weighted by Gasteiger charge is -2.27. The van der Waals surface area contributed by atoms with Crippen LogP contribution in [0.4, 0.5) is 0 Å². The molecule has 3 N–H and O–H groups in total. The van der Waals surface area contributed by atoms with Crippen LogP contribution in [0.5, 0.6) is 0 Å². The van der Waals surface area contributed by atoms with E-state index in [2.05, 4.69) is 22.8 Å². The van der Waals surface area contributed by atoms with Gasteiger partial charge in [0.25, 0.3) is 0 Å². The Labute approximate surface area is 177 Å². The van der Waals surface area contributed by atoms with Gasteiger partial charge in [-0.15, -0.1) is 11.8 Å². The van der Waals surface area contributed by atoms with E-state index in [0.29, 0.717) is 12.8 Å². The molecule has 5 nitrogen and oxygen atoms in total. The molecule has 1 amide bonds. The lowest BCUT2D eigenvalue weighted by molar-refractivity contribution is -0.137. The first-order valence-corrected chi connectivity index (χ1v) is 11.4. The molecule has 1 aromatic carbocycles. The highest BCUT2D eigenvalue weighted by atomic mass is 32.2. The molecule has 2 unspecified atom stereocenters. The van der Waals surface area contributed by atoms with Crippen LogP contribution >= 0.6 is 24.0 Å². The quantitative estimate of drug-likeness (QED) is 0.364. The van der Waals surface area contributed by atoms with Gasteiger partial charge in [0.2, 0.25) is 5.91 Å². The van der Waals surface area contributed by atoms with Gasteiger partial charge in [-0.3, -0.25) is 9.59 Å². The number of thiocarbonyl (C=S) groups is 1. The Balaban J connectivity index is 1.62. The summed E-state index contributed by atoms with van der Waals surface area (Å²) in [6.45, 7) is 2.76. The molecule has 1 aromatic rings. The molecule has 1 aliphatic heterocycles. The second-order valence-corrected chi connectivity index (χ2v) is 8.86. The second kappa shape index (κ2) is 12.1. The first-order chi connectivity index (χ1) is 13.5. The Kier molecular flexibility index (Phi) is 9.78. The fraction of sp³-hybridized carbons (Fsp3) is 0.571. The van der Waals surface area contributed by atoms with Crippen LogP contribution in [0.3, 0.4) is 0 Å². The number of carboxylic acids is 1. The minimum atomic E-state index is -0.787. The van der Waals surface area contributed by atoms with E-state index in [1.807, 2.05) is 30.8 Å². The van der Waals surface area contributed by atoms with Crippen molar-refractivity contribution in [1.82, 2.24) is 10.6 Å². The monoisotopic (exact) mass is 422 g/mol. The van der Waals surface area contributed by atoms with Gasteiger partial charge in [0, 0.05) is 29.5 Å². The summed E-state index contributed by atoms with van der Waals surface area (Å²) in [7, 11) is 0. The van der Waals surface area contributed by atoms with Crippen LogP contribution in [-0.2, 0) is 9.59 Å². The molecule has 0 spiro atoms. The SMILES string of the molecule is CC(CCCCNC(=S)CCCC(=O)O)C(=O)NC1CCSc2ccccc21. The smallest absolute Gasteiger partial charge is 0.303 e. The number of hydrogen-bond acceptors (Lipinski definition) is 4. The van der Waals surface area contributed by atoms with Gasteiger partial charge in [-0.25, -0.2) is 0 Å². The predicted octanol–water partition coefficient (Wildman–Crippen LogP) is 4.32. The Hall–Kier alpha value is -1.60. The number of unbranched alkanes of at least 4 members (excludes halogenated alkanes) is 1. The van der Waals surface area contributed by atoms with Gasteiger partial charge < -0.3 is 15.7 Å². The lowest BCUT2D eigenvalue weighted by atomic mass is 10.00. The number of amides is 1. The number of carboxylic acid groups (broad SMARTS) is 1. The van der Waals surface area contributed by atoms with Gasteiger partial charge in [-0.2, -0.15) is 0 Å². The fourth-order valence-electron chi connectivity index (χ4n) is 3.23. The number of aliphatic carboxylic acids is 1. The number of rotatable bonds is 11. The summed E-state index contributed by atoms with van der Waals surface area (Å²) in [5.41, 5.74) is 1.24. The maximum Gasteiger partial charge on any atom is 0.303 e. The molecule has 1 aliphatic rings. The van der Waals surface area contributed by atoms with Crippen molar-refractivity contribution in [3.8, 4) is 0 Å². The molecule has 1 heterocycles. The Morgan fingerprint density at radius 2 is 2.04 bits per heavy atom. The summed E-state index contributed by atoms with van der Waals surface area (Å²) in [5, 5.41) is 15.0. The van der Waals surface area contributed by atoms with Crippen molar-refractivity contribution in [2.45, 2.75) is 62.8 Å². The van der Waals surface area contributed by atoms with E-state index in [1.165, 1.54) is 10.5 Å². The van der Waals surface area contributed by atoms with Crippen molar-refractivity contribution < 1.29 is 14.7 Å². The van der Waals surface area contributed by atoms with Gasteiger partial charge in [0.05, 0.1) is 11.0 Å². The van der Waals surface area contributed by atoms with E-state index in [9.17, 15) is 9.59 Å². The lowest BCUT2D eigenvalue weighted by Crippen LogP contribution is -2.34. The van der Waals surface area contributed by atoms with Crippen LogP contribution in [0, 0.1) is 5.92 Å².